The van der Waals surface area contributed by atoms with Crippen molar-refractivity contribution < 1.29 is 9.63 Å². The smallest absolute Gasteiger partial charge is 0.306 e. The minimum Gasteiger partial charge on any atom is -0.306 e. The maximum atomic E-state index is 11.1. The molecule has 0 spiro atoms. The predicted octanol–water partition coefficient (Wildman–Crippen LogP) is 1.99. The normalized spacial score (nSPS) is 9.64. The molecular formula is C10H14N2O2. The Bertz CT molecular complexity index is 317. The second-order valence-electron chi connectivity index (χ2n) is 3.14. The van der Waals surface area contributed by atoms with Crippen LogP contribution in [0.4, 0.5) is 10.5 Å². The molecule has 0 aliphatic heterocycles. The number of carbonyl (C=O) groups excluding carboxylic acids is 1. The molecule has 0 saturated carbocycles. The Morgan fingerprint density at radius 3 is 2.29 bits per heavy atom. The molecule has 1 aromatic rings. The van der Waals surface area contributed by atoms with Crippen LogP contribution in [-0.2, 0) is 4.84 Å². The number of aryl methyl sites for hydroxylation is 2. The van der Waals surface area contributed by atoms with Crippen LogP contribution >= 0.6 is 0 Å². The van der Waals surface area contributed by atoms with Gasteiger partial charge < -0.3 is 5.32 Å². The number of anilines is 1. The predicted molar refractivity (Wildman–Crippen MR) is 55.1 cm³/mol. The van der Waals surface area contributed by atoms with Crippen LogP contribution in [0.25, 0.3) is 0 Å². The maximum Gasteiger partial charge on any atom is 0.343 e. The molecule has 0 fully saturated rings. The summed E-state index contributed by atoms with van der Waals surface area (Å²) >= 11 is 0. The first-order valence-electron chi connectivity index (χ1n) is 4.30. The molecule has 0 aliphatic rings. The SMILES string of the molecule is CONC(=O)Nc1cc(C)cc(C)c1. The van der Waals surface area contributed by atoms with E-state index in [1.54, 1.807) is 0 Å². The molecule has 0 atom stereocenters. The molecule has 0 heterocycles. The Morgan fingerprint density at radius 2 is 1.79 bits per heavy atom. The largest absolute Gasteiger partial charge is 0.343 e. The molecule has 0 aromatic heterocycles. The second-order valence-corrected chi connectivity index (χ2v) is 3.14. The lowest BCUT2D eigenvalue weighted by molar-refractivity contribution is 0.114. The second kappa shape index (κ2) is 4.62. The Hall–Kier alpha value is -1.55. The number of nitrogens with one attached hydrogen (secondary N) is 2. The van der Waals surface area contributed by atoms with Gasteiger partial charge in [0.25, 0.3) is 0 Å². The highest BCUT2D eigenvalue weighted by Crippen LogP contribution is 2.13. The number of carbonyl (C=O) groups is 1. The highest BCUT2D eigenvalue weighted by molar-refractivity contribution is 5.88. The number of hydrogen-bond donors (Lipinski definition) is 2. The van der Waals surface area contributed by atoms with Gasteiger partial charge in [0.15, 0.2) is 0 Å². The van der Waals surface area contributed by atoms with Crippen LogP contribution in [-0.4, -0.2) is 13.1 Å². The lowest BCUT2D eigenvalue weighted by Gasteiger charge is -2.07. The molecule has 1 aromatic carbocycles. The zero-order valence-electron chi connectivity index (χ0n) is 8.55. The van der Waals surface area contributed by atoms with E-state index in [4.69, 9.17) is 0 Å². The first-order valence-corrected chi connectivity index (χ1v) is 4.30. The molecule has 4 nitrogen and oxygen atoms in total. The quantitative estimate of drug-likeness (QED) is 0.707. The summed E-state index contributed by atoms with van der Waals surface area (Å²) in [6, 6.07) is 5.45. The average molecular weight is 194 g/mol. The van der Waals surface area contributed by atoms with Crippen molar-refractivity contribution in [2.45, 2.75) is 13.8 Å². The van der Waals surface area contributed by atoms with Gasteiger partial charge in [-0.25, -0.2) is 10.3 Å². The molecule has 76 valence electrons. The lowest BCUT2D eigenvalue weighted by atomic mass is 10.1. The highest BCUT2D eigenvalue weighted by Gasteiger charge is 2.00. The van der Waals surface area contributed by atoms with Crippen LogP contribution in [0.5, 0.6) is 0 Å². The van der Waals surface area contributed by atoms with Crippen molar-refractivity contribution in [1.29, 1.82) is 0 Å². The molecule has 1 rings (SSSR count). The highest BCUT2D eigenvalue weighted by atomic mass is 16.6. The summed E-state index contributed by atoms with van der Waals surface area (Å²) in [7, 11) is 1.39. The van der Waals surface area contributed by atoms with Crippen LogP contribution in [0.15, 0.2) is 18.2 Å². The Labute approximate surface area is 83.2 Å². The summed E-state index contributed by atoms with van der Waals surface area (Å²) in [6.45, 7) is 3.96. The van der Waals surface area contributed by atoms with Gasteiger partial charge >= 0.3 is 6.03 Å². The van der Waals surface area contributed by atoms with Gasteiger partial charge in [-0.05, 0) is 37.1 Å². The molecule has 2 N–H and O–H groups in total. The van der Waals surface area contributed by atoms with Crippen LogP contribution in [0.1, 0.15) is 11.1 Å². The van der Waals surface area contributed by atoms with E-state index in [-0.39, 0.29) is 6.03 Å². The van der Waals surface area contributed by atoms with Crippen LogP contribution in [0.2, 0.25) is 0 Å². The zero-order chi connectivity index (χ0) is 10.6. The van der Waals surface area contributed by atoms with E-state index >= 15 is 0 Å². The van der Waals surface area contributed by atoms with Gasteiger partial charge in [-0.3, -0.25) is 4.84 Å². The molecule has 0 unspecified atom stereocenters. The van der Waals surface area contributed by atoms with E-state index < -0.39 is 0 Å². The topological polar surface area (TPSA) is 50.4 Å². The van der Waals surface area contributed by atoms with Gasteiger partial charge in [0, 0.05) is 5.69 Å². The number of hydrogen-bond acceptors (Lipinski definition) is 2. The summed E-state index contributed by atoms with van der Waals surface area (Å²) in [5.74, 6) is 0. The number of benzene rings is 1. The number of amides is 2. The number of urea groups is 1. The lowest BCUT2D eigenvalue weighted by Crippen LogP contribution is -2.27. The van der Waals surface area contributed by atoms with Crippen LogP contribution < -0.4 is 10.8 Å². The molecule has 0 aliphatic carbocycles. The molecule has 0 bridgehead atoms. The van der Waals surface area contributed by atoms with Gasteiger partial charge in [0.1, 0.15) is 0 Å². The van der Waals surface area contributed by atoms with Gasteiger partial charge in [0.2, 0.25) is 0 Å². The monoisotopic (exact) mass is 194 g/mol. The standard InChI is InChI=1S/C10H14N2O2/c1-7-4-8(2)6-9(5-7)11-10(13)12-14-3/h4-6H,1-3H3,(H2,11,12,13). The Kier molecular flexibility index (Phi) is 3.48. The van der Waals surface area contributed by atoms with Crippen molar-refractivity contribution in [3.8, 4) is 0 Å². The van der Waals surface area contributed by atoms with Crippen LogP contribution in [0.3, 0.4) is 0 Å². The number of hydroxylamine groups is 1. The third kappa shape index (κ3) is 3.06. The average Bonchev–Trinajstić information content (AvgIpc) is 2.01. The molecule has 14 heavy (non-hydrogen) atoms. The summed E-state index contributed by atoms with van der Waals surface area (Å²) < 4.78 is 0. The summed E-state index contributed by atoms with van der Waals surface area (Å²) in [4.78, 5) is 15.6. The summed E-state index contributed by atoms with van der Waals surface area (Å²) in [6.07, 6.45) is 0. The molecule has 4 heteroatoms. The minimum atomic E-state index is -0.377. The van der Waals surface area contributed by atoms with Gasteiger partial charge in [-0.15, -0.1) is 0 Å². The van der Waals surface area contributed by atoms with Crippen molar-refractivity contribution >= 4 is 11.7 Å². The third-order valence-electron chi connectivity index (χ3n) is 1.67. The van der Waals surface area contributed by atoms with E-state index in [1.165, 1.54) is 7.11 Å². The fraction of sp³-hybridized carbons (Fsp3) is 0.300. The van der Waals surface area contributed by atoms with Crippen molar-refractivity contribution in [1.82, 2.24) is 5.48 Å². The maximum absolute atomic E-state index is 11.1. The molecule has 0 saturated heterocycles. The van der Waals surface area contributed by atoms with Gasteiger partial charge in [0.05, 0.1) is 7.11 Å². The Morgan fingerprint density at radius 1 is 1.21 bits per heavy atom. The van der Waals surface area contributed by atoms with Crippen molar-refractivity contribution in [3.05, 3.63) is 29.3 Å². The first kappa shape index (κ1) is 10.5. The van der Waals surface area contributed by atoms with E-state index in [0.717, 1.165) is 16.8 Å². The minimum absolute atomic E-state index is 0.377. The van der Waals surface area contributed by atoms with Crippen molar-refractivity contribution in [2.24, 2.45) is 0 Å². The fourth-order valence-corrected chi connectivity index (χ4v) is 1.30. The summed E-state index contributed by atoms with van der Waals surface area (Å²) in [5.41, 5.74) is 5.16. The van der Waals surface area contributed by atoms with Gasteiger partial charge in [-0.2, -0.15) is 0 Å². The van der Waals surface area contributed by atoms with E-state index in [9.17, 15) is 4.79 Å². The molecule has 2 amide bonds. The third-order valence-corrected chi connectivity index (χ3v) is 1.67. The van der Waals surface area contributed by atoms with E-state index in [1.807, 2.05) is 32.0 Å². The van der Waals surface area contributed by atoms with Crippen LogP contribution in [0, 0.1) is 13.8 Å². The van der Waals surface area contributed by atoms with E-state index in [0.29, 0.717) is 0 Å². The van der Waals surface area contributed by atoms with Crippen molar-refractivity contribution in [2.75, 3.05) is 12.4 Å². The first-order chi connectivity index (χ1) is 6.61. The van der Waals surface area contributed by atoms with E-state index in [2.05, 4.69) is 15.6 Å². The Balaban J connectivity index is 2.71. The molecule has 0 radical (unpaired) electrons. The van der Waals surface area contributed by atoms with Crippen molar-refractivity contribution in [3.63, 3.8) is 0 Å². The summed E-state index contributed by atoms with van der Waals surface area (Å²) in [5, 5.41) is 2.65. The molecular weight excluding hydrogens is 180 g/mol. The fourth-order valence-electron chi connectivity index (χ4n) is 1.30. The zero-order valence-corrected chi connectivity index (χ0v) is 8.55. The van der Waals surface area contributed by atoms with Gasteiger partial charge in [-0.1, -0.05) is 6.07 Å². The number of rotatable bonds is 2.